The molecule has 2 nitrogen and oxygen atoms in total. The molecule has 0 spiro atoms. The molecule has 0 atom stereocenters. The topological polar surface area (TPSA) is 35.2 Å². The third-order valence-corrected chi connectivity index (χ3v) is 3.40. The van der Waals surface area contributed by atoms with E-state index in [1.807, 2.05) is 13.8 Å². The lowest BCUT2D eigenvalue weighted by Crippen LogP contribution is -2.11. The van der Waals surface area contributed by atoms with Crippen molar-refractivity contribution in [1.29, 1.82) is 0 Å². The van der Waals surface area contributed by atoms with Crippen LogP contribution in [0.25, 0.3) is 0 Å². The average molecular weight is 307 g/mol. The standard InChI is InChI=1S/C16H15F2NOS/c1-9-6-11(16(19)21)7-10(2)15(9)20-8-12-13(17)4-3-5-14(12)18/h3-7H,8H2,1-2H3,(H2,19,21). The quantitative estimate of drug-likeness (QED) is 0.873. The first-order chi connectivity index (χ1) is 9.90. The zero-order chi connectivity index (χ0) is 15.6. The van der Waals surface area contributed by atoms with E-state index >= 15 is 0 Å². The molecule has 0 aliphatic rings. The van der Waals surface area contributed by atoms with E-state index in [2.05, 4.69) is 0 Å². The lowest BCUT2D eigenvalue weighted by molar-refractivity contribution is 0.288. The second-order valence-electron chi connectivity index (χ2n) is 4.79. The van der Waals surface area contributed by atoms with Crippen molar-refractivity contribution >= 4 is 17.2 Å². The summed E-state index contributed by atoms with van der Waals surface area (Å²) in [4.78, 5) is 0.299. The first-order valence-electron chi connectivity index (χ1n) is 6.37. The van der Waals surface area contributed by atoms with E-state index < -0.39 is 11.6 Å². The molecule has 0 saturated heterocycles. The van der Waals surface area contributed by atoms with E-state index in [0.717, 1.165) is 16.7 Å². The van der Waals surface area contributed by atoms with Crippen molar-refractivity contribution in [2.75, 3.05) is 0 Å². The van der Waals surface area contributed by atoms with E-state index in [9.17, 15) is 8.78 Å². The van der Waals surface area contributed by atoms with Gasteiger partial charge in [-0.05, 0) is 49.2 Å². The second-order valence-corrected chi connectivity index (χ2v) is 5.23. The number of nitrogens with two attached hydrogens (primary N) is 1. The van der Waals surface area contributed by atoms with Crippen LogP contribution in [0.15, 0.2) is 30.3 Å². The molecule has 2 rings (SSSR count). The minimum atomic E-state index is -0.620. The van der Waals surface area contributed by atoms with E-state index in [4.69, 9.17) is 22.7 Å². The number of halogens is 2. The van der Waals surface area contributed by atoms with Crippen LogP contribution in [0.4, 0.5) is 8.78 Å². The van der Waals surface area contributed by atoms with Crippen molar-refractivity contribution in [3.05, 3.63) is 64.2 Å². The molecule has 5 heteroatoms. The maximum atomic E-state index is 13.6. The Bertz CT molecular complexity index is 657. The Morgan fingerprint density at radius 1 is 1.14 bits per heavy atom. The van der Waals surface area contributed by atoms with E-state index in [0.29, 0.717) is 10.7 Å². The van der Waals surface area contributed by atoms with Gasteiger partial charge >= 0.3 is 0 Å². The van der Waals surface area contributed by atoms with Crippen molar-refractivity contribution in [3.63, 3.8) is 0 Å². The van der Waals surface area contributed by atoms with Crippen molar-refractivity contribution in [2.45, 2.75) is 20.5 Å². The van der Waals surface area contributed by atoms with E-state index in [1.54, 1.807) is 12.1 Å². The highest BCUT2D eigenvalue weighted by atomic mass is 32.1. The summed E-state index contributed by atoms with van der Waals surface area (Å²) in [7, 11) is 0. The Morgan fingerprint density at radius 2 is 1.67 bits per heavy atom. The van der Waals surface area contributed by atoms with Gasteiger partial charge in [-0.1, -0.05) is 18.3 Å². The van der Waals surface area contributed by atoms with Gasteiger partial charge in [0.15, 0.2) is 0 Å². The van der Waals surface area contributed by atoms with Crippen LogP contribution in [-0.2, 0) is 6.61 Å². The van der Waals surface area contributed by atoms with Crippen molar-refractivity contribution < 1.29 is 13.5 Å². The van der Waals surface area contributed by atoms with Crippen LogP contribution in [0, 0.1) is 25.5 Å². The molecule has 0 radical (unpaired) electrons. The fraction of sp³-hybridized carbons (Fsp3) is 0.188. The molecule has 0 heterocycles. The SMILES string of the molecule is Cc1cc(C(N)=S)cc(C)c1OCc1c(F)cccc1F. The Labute approximate surface area is 127 Å². The predicted molar refractivity (Wildman–Crippen MR) is 82.5 cm³/mol. The van der Waals surface area contributed by atoms with Gasteiger partial charge in [0.1, 0.15) is 29.0 Å². The fourth-order valence-corrected chi connectivity index (χ4v) is 2.25. The number of rotatable bonds is 4. The molecule has 0 aromatic heterocycles. The third-order valence-electron chi connectivity index (χ3n) is 3.17. The Morgan fingerprint density at radius 3 is 2.14 bits per heavy atom. The smallest absolute Gasteiger partial charge is 0.132 e. The lowest BCUT2D eigenvalue weighted by Gasteiger charge is -2.14. The molecule has 0 fully saturated rings. The summed E-state index contributed by atoms with van der Waals surface area (Å²) in [6.45, 7) is 3.50. The molecule has 0 amide bonds. The molecule has 0 bridgehead atoms. The molecule has 0 aliphatic heterocycles. The number of thiocarbonyl (C=S) groups is 1. The van der Waals surface area contributed by atoms with Gasteiger partial charge in [0.05, 0.1) is 5.56 Å². The molecule has 2 N–H and O–H groups in total. The summed E-state index contributed by atoms with van der Waals surface area (Å²) in [5, 5.41) is 0. The van der Waals surface area contributed by atoms with Crippen molar-refractivity contribution in [3.8, 4) is 5.75 Å². The van der Waals surface area contributed by atoms with Crippen LogP contribution in [0.2, 0.25) is 0 Å². The summed E-state index contributed by atoms with van der Waals surface area (Å²) in [5.41, 5.74) is 7.88. The van der Waals surface area contributed by atoms with Crippen LogP contribution in [0.3, 0.4) is 0 Å². The van der Waals surface area contributed by atoms with Crippen LogP contribution in [-0.4, -0.2) is 4.99 Å². The average Bonchev–Trinajstić information content (AvgIpc) is 2.40. The van der Waals surface area contributed by atoms with Crippen LogP contribution < -0.4 is 10.5 Å². The van der Waals surface area contributed by atoms with Crippen molar-refractivity contribution in [2.24, 2.45) is 5.73 Å². The van der Waals surface area contributed by atoms with Gasteiger partial charge in [-0.3, -0.25) is 0 Å². The van der Waals surface area contributed by atoms with E-state index in [1.165, 1.54) is 18.2 Å². The second kappa shape index (κ2) is 6.18. The molecular formula is C16H15F2NOS. The van der Waals surface area contributed by atoms with Gasteiger partial charge in [0.25, 0.3) is 0 Å². The van der Waals surface area contributed by atoms with Crippen LogP contribution >= 0.6 is 12.2 Å². The first-order valence-corrected chi connectivity index (χ1v) is 6.77. The Hall–Kier alpha value is -2.01. The Kier molecular flexibility index (Phi) is 4.53. The highest BCUT2D eigenvalue weighted by Crippen LogP contribution is 2.26. The minimum absolute atomic E-state index is 0.0882. The fourth-order valence-electron chi connectivity index (χ4n) is 2.13. The summed E-state index contributed by atoms with van der Waals surface area (Å²) in [6.07, 6.45) is 0. The van der Waals surface area contributed by atoms with Gasteiger partial charge in [-0.25, -0.2) is 8.78 Å². The molecule has 2 aromatic carbocycles. The number of aryl methyl sites for hydroxylation is 2. The highest BCUT2D eigenvalue weighted by Gasteiger charge is 2.12. The largest absolute Gasteiger partial charge is 0.488 e. The lowest BCUT2D eigenvalue weighted by atomic mass is 10.1. The Balaban J connectivity index is 2.27. The minimum Gasteiger partial charge on any atom is -0.488 e. The number of hydrogen-bond acceptors (Lipinski definition) is 2. The van der Waals surface area contributed by atoms with Crippen molar-refractivity contribution in [1.82, 2.24) is 0 Å². The van der Waals surface area contributed by atoms with Gasteiger partial charge in [-0.2, -0.15) is 0 Å². The monoisotopic (exact) mass is 307 g/mol. The normalized spacial score (nSPS) is 10.5. The van der Waals surface area contributed by atoms with Gasteiger partial charge in [0.2, 0.25) is 0 Å². The molecule has 0 saturated carbocycles. The number of benzene rings is 2. The molecular weight excluding hydrogens is 292 g/mol. The predicted octanol–water partition coefficient (Wildman–Crippen LogP) is 3.79. The zero-order valence-electron chi connectivity index (χ0n) is 11.7. The molecule has 0 unspecified atom stereocenters. The molecule has 110 valence electrons. The molecule has 0 aliphatic carbocycles. The highest BCUT2D eigenvalue weighted by molar-refractivity contribution is 7.80. The molecule has 2 aromatic rings. The van der Waals surface area contributed by atoms with Gasteiger partial charge in [0, 0.05) is 5.56 Å². The summed E-state index contributed by atoms with van der Waals surface area (Å²) in [6, 6.07) is 7.32. The van der Waals surface area contributed by atoms with Crippen LogP contribution in [0.1, 0.15) is 22.3 Å². The first kappa shape index (κ1) is 15.4. The summed E-state index contributed by atoms with van der Waals surface area (Å²) >= 11 is 4.94. The summed E-state index contributed by atoms with van der Waals surface area (Å²) in [5.74, 6) is -0.659. The number of hydrogen-bond donors (Lipinski definition) is 1. The summed E-state index contributed by atoms with van der Waals surface area (Å²) < 4.78 is 32.7. The third kappa shape index (κ3) is 3.36. The maximum Gasteiger partial charge on any atom is 0.132 e. The maximum absolute atomic E-state index is 13.6. The number of ether oxygens (including phenoxy) is 1. The zero-order valence-corrected chi connectivity index (χ0v) is 12.6. The molecule has 21 heavy (non-hydrogen) atoms. The van der Waals surface area contributed by atoms with Crippen LogP contribution in [0.5, 0.6) is 5.75 Å². The van der Waals surface area contributed by atoms with Gasteiger partial charge < -0.3 is 10.5 Å². The van der Waals surface area contributed by atoms with E-state index in [-0.39, 0.29) is 12.2 Å². The van der Waals surface area contributed by atoms with Gasteiger partial charge in [-0.15, -0.1) is 0 Å².